The van der Waals surface area contributed by atoms with Crippen molar-refractivity contribution in [2.24, 2.45) is 11.8 Å². The molecule has 3 aromatic rings. The summed E-state index contributed by atoms with van der Waals surface area (Å²) in [5.41, 5.74) is 1.77. The monoisotopic (exact) mass is 389 g/mol. The molecule has 0 radical (unpaired) electrons. The highest BCUT2D eigenvalue weighted by Gasteiger charge is 2.49. The van der Waals surface area contributed by atoms with Gasteiger partial charge in [-0.2, -0.15) is 0 Å². The van der Waals surface area contributed by atoms with Crippen LogP contribution >= 0.6 is 0 Å². The Kier molecular flexibility index (Phi) is 4.42. The molecule has 2 saturated heterocycles. The van der Waals surface area contributed by atoms with E-state index in [1.54, 1.807) is 25.7 Å². The normalized spacial score (nSPS) is 23.3. The lowest BCUT2D eigenvalue weighted by Crippen LogP contribution is -2.36. The Bertz CT molecular complexity index is 974. The van der Waals surface area contributed by atoms with Gasteiger partial charge in [0.1, 0.15) is 17.3 Å². The molecule has 2 fully saturated rings. The van der Waals surface area contributed by atoms with Gasteiger partial charge in [-0.3, -0.25) is 9.78 Å². The van der Waals surface area contributed by atoms with E-state index in [4.69, 9.17) is 4.74 Å². The zero-order chi connectivity index (χ0) is 19.8. The smallest absolute Gasteiger partial charge is 0.270 e. The Labute approximate surface area is 169 Å². The third kappa shape index (κ3) is 3.12. The Hall–Kier alpha value is -3.35. The first-order chi connectivity index (χ1) is 14.2. The van der Waals surface area contributed by atoms with Crippen molar-refractivity contribution < 1.29 is 9.53 Å². The number of anilines is 1. The number of aromatic amines is 1. The number of nitrogens with one attached hydrogen (secondary N) is 1. The lowest BCUT2D eigenvalue weighted by Gasteiger charge is -2.30. The summed E-state index contributed by atoms with van der Waals surface area (Å²) in [6.45, 7) is 2.47. The Morgan fingerprint density at radius 1 is 1.14 bits per heavy atom. The molecule has 0 aliphatic carbocycles. The van der Waals surface area contributed by atoms with E-state index in [2.05, 4.69) is 32.0 Å². The first-order valence-electron chi connectivity index (χ1n) is 9.84. The summed E-state index contributed by atoms with van der Waals surface area (Å²) in [4.78, 5) is 29.3. The average molecular weight is 389 g/mol. The van der Waals surface area contributed by atoms with Crippen LogP contribution in [0.25, 0.3) is 0 Å². The topological polar surface area (TPSA) is 74.3 Å². The van der Waals surface area contributed by atoms with Crippen LogP contribution in [0.5, 0.6) is 5.75 Å². The van der Waals surface area contributed by atoms with Crippen molar-refractivity contribution in [3.8, 4) is 5.75 Å². The molecular weight excluding hydrogens is 366 g/mol. The van der Waals surface area contributed by atoms with Crippen molar-refractivity contribution in [1.82, 2.24) is 19.9 Å². The molecular formula is C22H23N5O2. The largest absolute Gasteiger partial charge is 0.497 e. The molecule has 7 nitrogen and oxygen atoms in total. The fourth-order valence-corrected chi connectivity index (χ4v) is 4.74. The molecule has 7 heteroatoms. The van der Waals surface area contributed by atoms with E-state index in [1.807, 2.05) is 35.4 Å². The molecule has 4 heterocycles. The highest BCUT2D eigenvalue weighted by Crippen LogP contribution is 2.46. The van der Waals surface area contributed by atoms with Crippen molar-refractivity contribution in [1.29, 1.82) is 0 Å². The van der Waals surface area contributed by atoms with Crippen LogP contribution in [-0.2, 0) is 0 Å². The minimum atomic E-state index is 0.0170. The molecule has 3 atom stereocenters. The van der Waals surface area contributed by atoms with Gasteiger partial charge in [-0.1, -0.05) is 12.1 Å². The molecule has 5 rings (SSSR count). The van der Waals surface area contributed by atoms with Gasteiger partial charge in [0, 0.05) is 50.1 Å². The van der Waals surface area contributed by atoms with E-state index in [0.717, 1.165) is 36.8 Å². The van der Waals surface area contributed by atoms with Crippen LogP contribution < -0.4 is 9.64 Å². The molecule has 0 unspecified atom stereocenters. The van der Waals surface area contributed by atoms with Crippen molar-refractivity contribution in [3.63, 3.8) is 0 Å². The van der Waals surface area contributed by atoms with Crippen LogP contribution in [-0.4, -0.2) is 52.5 Å². The second-order valence-electron chi connectivity index (χ2n) is 7.65. The number of methoxy groups -OCH3 is 1. The van der Waals surface area contributed by atoms with E-state index in [0.29, 0.717) is 17.5 Å². The summed E-state index contributed by atoms with van der Waals surface area (Å²) in [6, 6.07) is 11.8. The number of carbonyl (C=O) groups is 1. The highest BCUT2D eigenvalue weighted by atomic mass is 16.5. The number of hydrogen-bond donors (Lipinski definition) is 1. The molecule has 0 bridgehead atoms. The zero-order valence-corrected chi connectivity index (χ0v) is 16.2. The van der Waals surface area contributed by atoms with E-state index in [9.17, 15) is 4.79 Å². The summed E-state index contributed by atoms with van der Waals surface area (Å²) in [7, 11) is 1.66. The van der Waals surface area contributed by atoms with Crippen molar-refractivity contribution in [2.45, 2.75) is 6.04 Å². The van der Waals surface area contributed by atoms with Gasteiger partial charge >= 0.3 is 0 Å². The molecule has 2 aromatic heterocycles. The number of H-pyrrole nitrogens is 1. The maximum absolute atomic E-state index is 13.2. The van der Waals surface area contributed by atoms with Crippen LogP contribution in [0.3, 0.4) is 0 Å². The number of ether oxygens (including phenoxy) is 1. The summed E-state index contributed by atoms with van der Waals surface area (Å²) in [5, 5.41) is 0. The first kappa shape index (κ1) is 17.7. The zero-order valence-electron chi connectivity index (χ0n) is 16.2. The number of aromatic nitrogens is 3. The van der Waals surface area contributed by atoms with Crippen LogP contribution in [0.4, 0.5) is 5.82 Å². The van der Waals surface area contributed by atoms with E-state index in [-0.39, 0.29) is 11.9 Å². The number of fused-ring (bicyclic) bond motifs is 1. The Balaban J connectivity index is 1.47. The average Bonchev–Trinajstić information content (AvgIpc) is 3.50. The lowest BCUT2D eigenvalue weighted by atomic mass is 9.89. The molecule has 0 spiro atoms. The van der Waals surface area contributed by atoms with E-state index in [1.165, 1.54) is 0 Å². The third-order valence-corrected chi connectivity index (χ3v) is 6.08. The summed E-state index contributed by atoms with van der Waals surface area (Å²) >= 11 is 0. The van der Waals surface area contributed by atoms with Gasteiger partial charge in [0.25, 0.3) is 5.91 Å². The van der Waals surface area contributed by atoms with E-state index >= 15 is 0 Å². The summed E-state index contributed by atoms with van der Waals surface area (Å²) < 4.78 is 5.32. The molecule has 1 N–H and O–H groups in total. The van der Waals surface area contributed by atoms with Gasteiger partial charge < -0.3 is 19.5 Å². The minimum absolute atomic E-state index is 0.0170. The number of likely N-dealkylation sites (tertiary alicyclic amines) is 1. The predicted octanol–water partition coefficient (Wildman–Crippen LogP) is 2.76. The minimum Gasteiger partial charge on any atom is -0.497 e. The molecule has 0 saturated carbocycles. The quantitative estimate of drug-likeness (QED) is 0.743. The van der Waals surface area contributed by atoms with Crippen molar-refractivity contribution >= 4 is 11.7 Å². The van der Waals surface area contributed by atoms with Gasteiger partial charge in [0.05, 0.1) is 19.3 Å². The number of amides is 1. The number of benzene rings is 1. The number of hydrogen-bond acceptors (Lipinski definition) is 5. The second kappa shape index (κ2) is 7.24. The van der Waals surface area contributed by atoms with Crippen molar-refractivity contribution in [2.75, 3.05) is 31.6 Å². The van der Waals surface area contributed by atoms with Crippen LogP contribution in [0, 0.1) is 11.8 Å². The maximum atomic E-state index is 13.2. The molecule has 29 heavy (non-hydrogen) atoms. The molecule has 148 valence electrons. The van der Waals surface area contributed by atoms with Gasteiger partial charge in [0.15, 0.2) is 0 Å². The number of nitrogens with zero attached hydrogens (tertiary/aromatic N) is 4. The van der Waals surface area contributed by atoms with Crippen LogP contribution in [0.15, 0.2) is 61.2 Å². The molecule has 1 aromatic carbocycles. The first-order valence-corrected chi connectivity index (χ1v) is 9.84. The number of carbonyl (C=O) groups excluding carboxylic acids is 1. The van der Waals surface area contributed by atoms with Gasteiger partial charge in [-0.05, 0) is 29.8 Å². The fraction of sp³-hybridized carbons (Fsp3) is 0.318. The van der Waals surface area contributed by atoms with Gasteiger partial charge in [0.2, 0.25) is 0 Å². The lowest BCUT2D eigenvalue weighted by molar-refractivity contribution is 0.0710. The van der Waals surface area contributed by atoms with Gasteiger partial charge in [-0.15, -0.1) is 0 Å². The Morgan fingerprint density at radius 3 is 2.69 bits per heavy atom. The highest BCUT2D eigenvalue weighted by molar-refractivity contribution is 5.93. The van der Waals surface area contributed by atoms with Gasteiger partial charge in [-0.25, -0.2) is 4.98 Å². The summed E-state index contributed by atoms with van der Waals surface area (Å²) in [5.74, 6) is 2.50. The SMILES string of the molecule is COc1ccc([C@H]2[C@H]3CN(c4cnccn4)C[C@H]3CN2C(=O)c2ccc[nH]2)cc1. The molecule has 2 aliphatic rings. The molecule has 1 amide bonds. The predicted molar refractivity (Wildman–Crippen MR) is 109 cm³/mol. The third-order valence-electron chi connectivity index (χ3n) is 6.08. The second-order valence-corrected chi connectivity index (χ2v) is 7.65. The van der Waals surface area contributed by atoms with Crippen LogP contribution in [0.2, 0.25) is 0 Å². The van der Waals surface area contributed by atoms with E-state index < -0.39 is 0 Å². The van der Waals surface area contributed by atoms with Crippen LogP contribution in [0.1, 0.15) is 22.1 Å². The standard InChI is InChI=1S/C22H23N5O2/c1-29-17-6-4-15(5-7-17)21-18-14-26(20-11-23-9-10-25-20)12-16(18)13-27(21)22(28)19-3-2-8-24-19/h2-11,16,18,21,24H,12-14H2,1H3/t16-,18-,21-/m0/s1. The van der Waals surface area contributed by atoms with Crippen molar-refractivity contribution in [3.05, 3.63) is 72.4 Å². The summed E-state index contributed by atoms with van der Waals surface area (Å²) in [6.07, 6.45) is 7.02. The maximum Gasteiger partial charge on any atom is 0.270 e. The molecule has 2 aliphatic heterocycles. The fourth-order valence-electron chi connectivity index (χ4n) is 4.74. The Morgan fingerprint density at radius 2 is 2.00 bits per heavy atom. The number of rotatable bonds is 4.